The van der Waals surface area contributed by atoms with Crippen LogP contribution in [0.5, 0.6) is 0 Å². The van der Waals surface area contributed by atoms with Gasteiger partial charge >= 0.3 is 0 Å². The van der Waals surface area contributed by atoms with E-state index in [0.717, 1.165) is 11.4 Å². The van der Waals surface area contributed by atoms with Gasteiger partial charge in [-0.2, -0.15) is 0 Å². The third-order valence-electron chi connectivity index (χ3n) is 4.18. The van der Waals surface area contributed by atoms with Crippen molar-refractivity contribution in [2.45, 2.75) is 13.3 Å². The second-order valence-electron chi connectivity index (χ2n) is 5.12. The molecule has 2 fully saturated rings. The Labute approximate surface area is 108 Å². The summed E-state index contributed by atoms with van der Waals surface area (Å²) < 4.78 is 0. The Morgan fingerprint density at radius 1 is 1.17 bits per heavy atom. The van der Waals surface area contributed by atoms with Crippen LogP contribution in [0, 0.1) is 30.6 Å². The van der Waals surface area contributed by atoms with Crippen LogP contribution in [0.3, 0.4) is 0 Å². The molecule has 2 amide bonds. The molecule has 0 spiro atoms. The minimum Gasteiger partial charge on any atom is -0.274 e. The standard InChI is InChI=1S/C12H11N3O2S/c1-5-13-14-12(18-5)15-10(16)8-6-2-3-7(4-6)9(8)11(15)17/h2-3,6-9H,4H2,1H3. The van der Waals surface area contributed by atoms with Gasteiger partial charge < -0.3 is 0 Å². The summed E-state index contributed by atoms with van der Waals surface area (Å²) in [6.45, 7) is 1.82. The van der Waals surface area contributed by atoms with Crippen LogP contribution in [-0.2, 0) is 9.59 Å². The van der Waals surface area contributed by atoms with Crippen molar-refractivity contribution in [3.05, 3.63) is 17.2 Å². The van der Waals surface area contributed by atoms with Gasteiger partial charge in [-0.1, -0.05) is 23.5 Å². The van der Waals surface area contributed by atoms with Crippen molar-refractivity contribution < 1.29 is 9.59 Å². The molecule has 0 N–H and O–H groups in total. The molecule has 92 valence electrons. The fourth-order valence-corrected chi connectivity index (χ4v) is 4.17. The Bertz CT molecular complexity index is 564. The summed E-state index contributed by atoms with van der Waals surface area (Å²) in [5.41, 5.74) is 0. The van der Waals surface area contributed by atoms with Gasteiger partial charge in [-0.15, -0.1) is 10.2 Å². The second kappa shape index (κ2) is 3.26. The summed E-state index contributed by atoms with van der Waals surface area (Å²) in [5, 5.41) is 9.01. The van der Waals surface area contributed by atoms with Crippen LogP contribution in [0.4, 0.5) is 5.13 Å². The molecule has 18 heavy (non-hydrogen) atoms. The molecule has 0 radical (unpaired) electrons. The van der Waals surface area contributed by atoms with Crippen molar-refractivity contribution in [2.24, 2.45) is 23.7 Å². The summed E-state index contributed by atoms with van der Waals surface area (Å²) in [4.78, 5) is 26.1. The van der Waals surface area contributed by atoms with Crippen LogP contribution in [0.2, 0.25) is 0 Å². The molecule has 6 heteroatoms. The summed E-state index contributed by atoms with van der Waals surface area (Å²) in [6.07, 6.45) is 5.13. The highest BCUT2D eigenvalue weighted by molar-refractivity contribution is 7.15. The van der Waals surface area contributed by atoms with E-state index in [1.54, 1.807) is 0 Å². The lowest BCUT2D eigenvalue weighted by molar-refractivity contribution is -0.123. The largest absolute Gasteiger partial charge is 0.274 e. The quantitative estimate of drug-likeness (QED) is 0.562. The zero-order valence-corrected chi connectivity index (χ0v) is 10.6. The molecular formula is C12H11N3O2S. The van der Waals surface area contributed by atoms with Crippen molar-refractivity contribution >= 4 is 28.3 Å². The number of aromatic nitrogens is 2. The van der Waals surface area contributed by atoms with E-state index < -0.39 is 0 Å². The number of fused-ring (bicyclic) bond motifs is 5. The van der Waals surface area contributed by atoms with E-state index in [0.29, 0.717) is 5.13 Å². The fourth-order valence-electron chi connectivity index (χ4n) is 3.47. The molecule has 1 aromatic heterocycles. The van der Waals surface area contributed by atoms with E-state index in [4.69, 9.17) is 0 Å². The van der Waals surface area contributed by atoms with Gasteiger partial charge in [0.25, 0.3) is 0 Å². The van der Waals surface area contributed by atoms with Crippen LogP contribution >= 0.6 is 11.3 Å². The average Bonchev–Trinajstić information content (AvgIpc) is 3.05. The van der Waals surface area contributed by atoms with E-state index in [1.165, 1.54) is 16.2 Å². The van der Waals surface area contributed by atoms with Crippen molar-refractivity contribution in [1.29, 1.82) is 0 Å². The lowest BCUT2D eigenvalue weighted by Gasteiger charge is -2.14. The molecule has 1 saturated carbocycles. The monoisotopic (exact) mass is 261 g/mol. The van der Waals surface area contributed by atoms with Crippen molar-refractivity contribution in [2.75, 3.05) is 4.90 Å². The van der Waals surface area contributed by atoms with E-state index in [9.17, 15) is 9.59 Å². The molecule has 4 rings (SSSR count). The lowest BCUT2D eigenvalue weighted by Crippen LogP contribution is -2.32. The molecule has 4 unspecified atom stereocenters. The van der Waals surface area contributed by atoms with Gasteiger partial charge in [0.05, 0.1) is 11.8 Å². The zero-order valence-electron chi connectivity index (χ0n) is 9.74. The number of aryl methyl sites for hydroxylation is 1. The second-order valence-corrected chi connectivity index (χ2v) is 6.28. The van der Waals surface area contributed by atoms with Gasteiger partial charge in [-0.05, 0) is 25.2 Å². The van der Waals surface area contributed by atoms with Crippen molar-refractivity contribution in [3.8, 4) is 0 Å². The number of amides is 2. The Balaban J connectivity index is 1.76. The molecule has 2 aliphatic carbocycles. The Morgan fingerprint density at radius 2 is 1.78 bits per heavy atom. The molecule has 1 saturated heterocycles. The Hall–Kier alpha value is -1.56. The summed E-state index contributed by atoms with van der Waals surface area (Å²) in [7, 11) is 0. The molecule has 0 aromatic carbocycles. The number of hydrogen-bond donors (Lipinski definition) is 0. The fraction of sp³-hybridized carbons (Fsp3) is 0.500. The van der Waals surface area contributed by atoms with Crippen LogP contribution in [0.15, 0.2) is 12.2 Å². The first-order valence-corrected chi connectivity index (χ1v) is 6.84. The van der Waals surface area contributed by atoms with Crippen LogP contribution < -0.4 is 4.90 Å². The third kappa shape index (κ3) is 1.11. The molecule has 3 aliphatic rings. The molecule has 1 aromatic rings. The Kier molecular flexibility index (Phi) is 1.88. The van der Waals surface area contributed by atoms with Gasteiger partial charge in [-0.25, -0.2) is 4.90 Å². The first kappa shape index (κ1) is 10.4. The number of imide groups is 1. The van der Waals surface area contributed by atoms with E-state index in [2.05, 4.69) is 22.3 Å². The number of nitrogens with zero attached hydrogens (tertiary/aromatic N) is 3. The SMILES string of the molecule is Cc1nnc(N2C(=O)C3C4C=CC(C4)C3C2=O)s1. The number of anilines is 1. The number of carbonyl (C=O) groups is 2. The molecule has 1 aliphatic heterocycles. The number of rotatable bonds is 1. The summed E-state index contributed by atoms with van der Waals surface area (Å²) in [5.74, 6) is 0.00958. The van der Waals surface area contributed by atoms with Gasteiger partial charge in [0.1, 0.15) is 5.01 Å². The highest BCUT2D eigenvalue weighted by atomic mass is 32.1. The molecule has 4 atom stereocenters. The predicted octanol–water partition coefficient (Wildman–Crippen LogP) is 1.16. The normalized spacial score (nSPS) is 36.8. The number of hydrogen-bond acceptors (Lipinski definition) is 5. The zero-order chi connectivity index (χ0) is 12.4. The summed E-state index contributed by atoms with van der Waals surface area (Å²) in [6, 6.07) is 0. The van der Waals surface area contributed by atoms with E-state index >= 15 is 0 Å². The molecule has 5 nitrogen and oxygen atoms in total. The van der Waals surface area contributed by atoms with E-state index in [-0.39, 0.29) is 35.5 Å². The summed E-state index contributed by atoms with van der Waals surface area (Å²) >= 11 is 1.30. The first-order chi connectivity index (χ1) is 8.66. The average molecular weight is 261 g/mol. The van der Waals surface area contributed by atoms with Crippen molar-refractivity contribution in [1.82, 2.24) is 10.2 Å². The van der Waals surface area contributed by atoms with Gasteiger partial charge in [0.2, 0.25) is 16.9 Å². The van der Waals surface area contributed by atoms with Gasteiger partial charge in [0, 0.05) is 0 Å². The van der Waals surface area contributed by atoms with Crippen LogP contribution in [-0.4, -0.2) is 22.0 Å². The Morgan fingerprint density at radius 3 is 2.28 bits per heavy atom. The molecule has 2 heterocycles. The number of carbonyl (C=O) groups excluding carboxylic acids is 2. The maximum absolute atomic E-state index is 12.4. The van der Waals surface area contributed by atoms with Crippen LogP contribution in [0.25, 0.3) is 0 Å². The lowest BCUT2D eigenvalue weighted by atomic mass is 9.85. The maximum atomic E-state index is 12.4. The smallest absolute Gasteiger partial charge is 0.240 e. The van der Waals surface area contributed by atoms with Crippen molar-refractivity contribution in [3.63, 3.8) is 0 Å². The van der Waals surface area contributed by atoms with Gasteiger partial charge in [0.15, 0.2) is 0 Å². The molecular weight excluding hydrogens is 250 g/mol. The van der Waals surface area contributed by atoms with Crippen LogP contribution in [0.1, 0.15) is 11.4 Å². The minimum atomic E-state index is -0.156. The van der Waals surface area contributed by atoms with Gasteiger partial charge in [-0.3, -0.25) is 9.59 Å². The van der Waals surface area contributed by atoms with E-state index in [1.807, 2.05) is 6.92 Å². The minimum absolute atomic E-state index is 0.0852. The first-order valence-electron chi connectivity index (χ1n) is 6.03. The topological polar surface area (TPSA) is 63.2 Å². The molecule has 2 bridgehead atoms. The predicted molar refractivity (Wildman–Crippen MR) is 64.9 cm³/mol. The third-order valence-corrected chi connectivity index (χ3v) is 5.00. The maximum Gasteiger partial charge on any atom is 0.240 e. The number of allylic oxidation sites excluding steroid dienone is 2. The highest BCUT2D eigenvalue weighted by Gasteiger charge is 2.60. The highest BCUT2D eigenvalue weighted by Crippen LogP contribution is 2.53.